The minimum Gasteiger partial charge on any atom is -0.497 e. The maximum absolute atomic E-state index is 13.3. The van der Waals surface area contributed by atoms with Gasteiger partial charge in [0.15, 0.2) is 0 Å². The Labute approximate surface area is 180 Å². The van der Waals surface area contributed by atoms with Crippen molar-refractivity contribution in [2.75, 3.05) is 12.4 Å². The summed E-state index contributed by atoms with van der Waals surface area (Å²) in [5.41, 5.74) is 0.616. The van der Waals surface area contributed by atoms with Crippen LogP contribution in [0.3, 0.4) is 0 Å². The summed E-state index contributed by atoms with van der Waals surface area (Å²) in [5.74, 6) is 0.913. The van der Waals surface area contributed by atoms with Gasteiger partial charge in [0.2, 0.25) is 26.6 Å². The normalized spacial score (nSPS) is 11.4. The van der Waals surface area contributed by atoms with E-state index in [1.54, 1.807) is 43.5 Å². The predicted octanol–water partition coefficient (Wildman–Crippen LogP) is 5.75. The highest BCUT2D eigenvalue weighted by Crippen LogP contribution is 2.36. The highest BCUT2D eigenvalue weighted by molar-refractivity contribution is 9.10. The summed E-state index contributed by atoms with van der Waals surface area (Å²) in [6, 6.07) is 17.2. The molecule has 9 heteroatoms. The minimum absolute atomic E-state index is 0.0459. The number of nitrogens with one attached hydrogen (secondary N) is 1. The molecule has 29 heavy (non-hydrogen) atoms. The smallest absolute Gasteiger partial charge is 0.240 e. The van der Waals surface area contributed by atoms with Crippen LogP contribution in [-0.2, 0) is 9.84 Å². The van der Waals surface area contributed by atoms with Gasteiger partial charge in [0.05, 0.1) is 16.9 Å². The number of sulfone groups is 1. The van der Waals surface area contributed by atoms with Crippen LogP contribution in [0.5, 0.6) is 5.75 Å². The van der Waals surface area contributed by atoms with Crippen LogP contribution in [0.2, 0.25) is 0 Å². The molecule has 148 valence electrons. The standard InChI is InChI=1S/C20H15BrN2O4S2/c1-26-15-5-2-4-14(12-15)22-19-20(23-18(27-19)17-6-3-11-28-17)29(24,25)16-9-7-13(21)8-10-16/h2-12,22H,1H3. The topological polar surface area (TPSA) is 81.4 Å². The second kappa shape index (κ2) is 8.02. The molecular weight excluding hydrogens is 476 g/mol. The van der Waals surface area contributed by atoms with Crippen molar-refractivity contribution in [2.45, 2.75) is 9.92 Å². The Kier molecular flexibility index (Phi) is 5.44. The highest BCUT2D eigenvalue weighted by Gasteiger charge is 2.29. The second-order valence-corrected chi connectivity index (χ2v) is 9.67. The third kappa shape index (κ3) is 4.07. The van der Waals surface area contributed by atoms with E-state index in [1.807, 2.05) is 17.5 Å². The number of thiophene rings is 1. The van der Waals surface area contributed by atoms with E-state index < -0.39 is 9.84 Å². The van der Waals surface area contributed by atoms with Crippen molar-refractivity contribution in [2.24, 2.45) is 0 Å². The summed E-state index contributed by atoms with van der Waals surface area (Å²) in [4.78, 5) is 5.17. The molecule has 2 heterocycles. The maximum atomic E-state index is 13.3. The number of hydrogen-bond acceptors (Lipinski definition) is 7. The molecule has 0 saturated carbocycles. The first-order valence-electron chi connectivity index (χ1n) is 8.44. The van der Waals surface area contributed by atoms with E-state index >= 15 is 0 Å². The summed E-state index contributed by atoms with van der Waals surface area (Å²) in [6.45, 7) is 0. The number of rotatable bonds is 6. The summed E-state index contributed by atoms with van der Waals surface area (Å²) in [6.07, 6.45) is 0. The number of benzene rings is 2. The van der Waals surface area contributed by atoms with E-state index in [2.05, 4.69) is 26.2 Å². The first-order valence-corrected chi connectivity index (χ1v) is 11.6. The number of nitrogens with zero attached hydrogens (tertiary/aromatic N) is 1. The van der Waals surface area contributed by atoms with Crippen LogP contribution in [-0.4, -0.2) is 20.5 Å². The van der Waals surface area contributed by atoms with E-state index in [1.165, 1.54) is 23.5 Å². The van der Waals surface area contributed by atoms with E-state index in [9.17, 15) is 8.42 Å². The van der Waals surface area contributed by atoms with E-state index in [0.717, 1.165) is 9.35 Å². The van der Waals surface area contributed by atoms with Crippen LogP contribution in [0.1, 0.15) is 0 Å². The van der Waals surface area contributed by atoms with Gasteiger partial charge < -0.3 is 14.5 Å². The van der Waals surface area contributed by atoms with Gasteiger partial charge in [-0.25, -0.2) is 8.42 Å². The molecule has 0 saturated heterocycles. The maximum Gasteiger partial charge on any atom is 0.240 e. The van der Waals surface area contributed by atoms with Crippen molar-refractivity contribution in [3.63, 3.8) is 0 Å². The molecule has 2 aromatic heterocycles. The quantitative estimate of drug-likeness (QED) is 0.370. The van der Waals surface area contributed by atoms with Gasteiger partial charge in [0.1, 0.15) is 5.75 Å². The number of aromatic nitrogens is 1. The van der Waals surface area contributed by atoms with Crippen molar-refractivity contribution in [1.82, 2.24) is 4.98 Å². The lowest BCUT2D eigenvalue weighted by atomic mass is 10.3. The van der Waals surface area contributed by atoms with Gasteiger partial charge >= 0.3 is 0 Å². The van der Waals surface area contributed by atoms with Gasteiger partial charge in [-0.05, 0) is 47.8 Å². The Bertz CT molecular complexity index is 1230. The molecule has 0 fully saturated rings. The van der Waals surface area contributed by atoms with Crippen LogP contribution in [0.15, 0.2) is 84.9 Å². The monoisotopic (exact) mass is 490 g/mol. The van der Waals surface area contributed by atoms with Gasteiger partial charge in [0, 0.05) is 16.2 Å². The largest absolute Gasteiger partial charge is 0.497 e. The first kappa shape index (κ1) is 19.7. The number of anilines is 2. The van der Waals surface area contributed by atoms with Gasteiger partial charge in [-0.15, -0.1) is 11.3 Å². The zero-order chi connectivity index (χ0) is 20.4. The van der Waals surface area contributed by atoms with E-state index in [0.29, 0.717) is 11.4 Å². The second-order valence-electron chi connectivity index (χ2n) is 5.94. The molecule has 0 aliphatic carbocycles. The lowest BCUT2D eigenvalue weighted by Gasteiger charge is -2.07. The van der Waals surface area contributed by atoms with Crippen molar-refractivity contribution in [3.8, 4) is 16.5 Å². The van der Waals surface area contributed by atoms with Crippen LogP contribution in [0.4, 0.5) is 11.6 Å². The van der Waals surface area contributed by atoms with E-state index in [-0.39, 0.29) is 21.7 Å². The molecule has 2 aromatic carbocycles. The van der Waals surface area contributed by atoms with E-state index in [4.69, 9.17) is 9.15 Å². The lowest BCUT2D eigenvalue weighted by Crippen LogP contribution is -2.05. The zero-order valence-corrected chi connectivity index (χ0v) is 18.3. The number of oxazole rings is 1. The highest BCUT2D eigenvalue weighted by atomic mass is 79.9. The van der Waals surface area contributed by atoms with Crippen molar-refractivity contribution in [1.29, 1.82) is 0 Å². The first-order chi connectivity index (χ1) is 14.0. The Hall–Kier alpha value is -2.62. The SMILES string of the molecule is COc1cccc(Nc2oc(-c3cccs3)nc2S(=O)(=O)c2ccc(Br)cc2)c1. The molecule has 6 nitrogen and oxygen atoms in total. The zero-order valence-electron chi connectivity index (χ0n) is 15.1. The van der Waals surface area contributed by atoms with Crippen LogP contribution in [0.25, 0.3) is 10.8 Å². The molecule has 0 aliphatic heterocycles. The Morgan fingerprint density at radius 1 is 1.10 bits per heavy atom. The predicted molar refractivity (Wildman–Crippen MR) is 116 cm³/mol. The van der Waals surface area contributed by atoms with Crippen molar-refractivity contribution in [3.05, 3.63) is 70.5 Å². The van der Waals surface area contributed by atoms with Crippen LogP contribution in [0, 0.1) is 0 Å². The molecule has 0 spiro atoms. The van der Waals surface area contributed by atoms with Crippen molar-refractivity contribution < 1.29 is 17.6 Å². The molecule has 0 unspecified atom stereocenters. The summed E-state index contributed by atoms with van der Waals surface area (Å²) >= 11 is 4.73. The average Bonchev–Trinajstić information content (AvgIpc) is 3.38. The molecule has 0 aliphatic rings. The third-order valence-corrected chi connectivity index (χ3v) is 7.10. The fourth-order valence-electron chi connectivity index (χ4n) is 2.63. The molecule has 4 rings (SSSR count). The van der Waals surface area contributed by atoms with Gasteiger partial charge in [-0.2, -0.15) is 4.98 Å². The average molecular weight is 491 g/mol. The number of halogens is 1. The Morgan fingerprint density at radius 2 is 1.90 bits per heavy atom. The molecule has 0 amide bonds. The number of ether oxygens (including phenoxy) is 1. The minimum atomic E-state index is -3.91. The summed E-state index contributed by atoms with van der Waals surface area (Å²) in [5, 5.41) is 4.72. The molecule has 0 bridgehead atoms. The van der Waals surface area contributed by atoms with Gasteiger partial charge in [0.25, 0.3) is 0 Å². The van der Waals surface area contributed by atoms with Crippen molar-refractivity contribution >= 4 is 48.7 Å². The third-order valence-electron chi connectivity index (χ3n) is 4.03. The Morgan fingerprint density at radius 3 is 2.59 bits per heavy atom. The van der Waals surface area contributed by atoms with Crippen LogP contribution >= 0.6 is 27.3 Å². The summed E-state index contributed by atoms with van der Waals surface area (Å²) < 4.78 is 38.4. The summed E-state index contributed by atoms with van der Waals surface area (Å²) in [7, 11) is -2.35. The number of methoxy groups -OCH3 is 1. The Balaban J connectivity index is 1.82. The fraction of sp³-hybridized carbons (Fsp3) is 0.0500. The molecule has 0 radical (unpaired) electrons. The molecule has 4 aromatic rings. The molecular formula is C20H15BrN2O4S2. The van der Waals surface area contributed by atoms with Crippen LogP contribution < -0.4 is 10.1 Å². The van der Waals surface area contributed by atoms with Gasteiger partial charge in [-0.1, -0.05) is 28.1 Å². The number of hydrogen-bond donors (Lipinski definition) is 1. The lowest BCUT2D eigenvalue weighted by molar-refractivity contribution is 0.415. The fourth-order valence-corrected chi connectivity index (χ4v) is 4.80. The molecule has 0 atom stereocenters. The molecule has 1 N–H and O–H groups in total. The van der Waals surface area contributed by atoms with Gasteiger partial charge in [-0.3, -0.25) is 0 Å².